The lowest BCUT2D eigenvalue weighted by atomic mass is 10.00. The highest BCUT2D eigenvalue weighted by atomic mass is 16.5. The van der Waals surface area contributed by atoms with Gasteiger partial charge in [0.15, 0.2) is 0 Å². The molecule has 59 heavy (non-hydrogen) atoms. The molecule has 6 aromatic rings. The summed E-state index contributed by atoms with van der Waals surface area (Å²) in [5, 5.41) is 0. The smallest absolute Gasteiger partial charge is 0.127 e. The summed E-state index contributed by atoms with van der Waals surface area (Å²) in [7, 11) is 0. The third-order valence-electron chi connectivity index (χ3n) is 11.4. The Morgan fingerprint density at radius 3 is 1.05 bits per heavy atom. The molecule has 2 unspecified atom stereocenters. The normalized spacial score (nSPS) is 12.4. The van der Waals surface area contributed by atoms with Crippen LogP contribution in [0.2, 0.25) is 0 Å². The van der Waals surface area contributed by atoms with Gasteiger partial charge in [-0.15, -0.1) is 0 Å². The Morgan fingerprint density at radius 1 is 0.356 bits per heavy atom. The molecule has 6 rings (SSSR count). The van der Waals surface area contributed by atoms with Crippen molar-refractivity contribution in [3.05, 3.63) is 167 Å². The third-order valence-corrected chi connectivity index (χ3v) is 11.4. The Balaban J connectivity index is 1.26. The van der Waals surface area contributed by atoms with Gasteiger partial charge in [0.1, 0.15) is 12.2 Å². The van der Waals surface area contributed by atoms with Crippen LogP contribution in [-0.2, 0) is 30.4 Å². The van der Waals surface area contributed by atoms with E-state index in [1.165, 1.54) is 86.5 Å². The van der Waals surface area contributed by atoms with Crippen LogP contribution in [0.3, 0.4) is 0 Å². The number of nitrogens with zero attached hydrogens (tertiary/aromatic N) is 4. The predicted molar refractivity (Wildman–Crippen MR) is 246 cm³/mol. The molecule has 0 saturated carbocycles. The van der Waals surface area contributed by atoms with Crippen molar-refractivity contribution in [1.29, 1.82) is 0 Å². The molecule has 4 aromatic carbocycles. The minimum Gasteiger partial charge on any atom is -0.353 e. The molecule has 2 aromatic heterocycles. The maximum atomic E-state index is 7.24. The zero-order valence-electron chi connectivity index (χ0n) is 36.2. The number of rotatable bonds is 24. The van der Waals surface area contributed by atoms with Gasteiger partial charge in [-0.25, -0.2) is 0 Å². The average Bonchev–Trinajstić information content (AvgIpc) is 3.28. The second kappa shape index (κ2) is 23.6. The van der Waals surface area contributed by atoms with Crippen LogP contribution in [-0.4, -0.2) is 19.9 Å². The van der Waals surface area contributed by atoms with E-state index in [1.54, 1.807) is 0 Å². The summed E-state index contributed by atoms with van der Waals surface area (Å²) in [5.41, 5.74) is 12.8. The molecule has 0 bridgehead atoms. The number of hydrogen-bond acceptors (Lipinski definition) is 5. The van der Waals surface area contributed by atoms with Crippen LogP contribution in [0.4, 0.5) is 0 Å². The van der Waals surface area contributed by atoms with Crippen LogP contribution in [0.25, 0.3) is 22.5 Å². The fraction of sp³-hybridized carbons (Fsp3) is 0.407. The van der Waals surface area contributed by atoms with E-state index >= 15 is 0 Å². The van der Waals surface area contributed by atoms with E-state index in [9.17, 15) is 0 Å². The molecule has 308 valence electrons. The lowest BCUT2D eigenvalue weighted by molar-refractivity contribution is 0.0258. The number of unbranched alkanes of at least 4 members (excludes halogenated alkanes) is 8. The van der Waals surface area contributed by atoms with Gasteiger partial charge in [0.05, 0.1) is 47.6 Å². The second-order valence-electron chi connectivity index (χ2n) is 16.3. The minimum atomic E-state index is -0.487. The van der Waals surface area contributed by atoms with Gasteiger partial charge in [-0.2, -0.15) is 0 Å². The lowest BCUT2D eigenvalue weighted by Crippen LogP contribution is -2.16. The van der Waals surface area contributed by atoms with Gasteiger partial charge in [-0.3, -0.25) is 19.9 Å². The zero-order valence-corrected chi connectivity index (χ0v) is 36.2. The van der Waals surface area contributed by atoms with E-state index in [0.29, 0.717) is 0 Å². The van der Waals surface area contributed by atoms with Gasteiger partial charge < -0.3 is 4.74 Å². The van der Waals surface area contributed by atoms with E-state index in [4.69, 9.17) is 24.7 Å². The Labute approximate surface area is 355 Å². The first-order valence-corrected chi connectivity index (χ1v) is 22.7. The first-order valence-electron chi connectivity index (χ1n) is 22.7. The summed E-state index contributed by atoms with van der Waals surface area (Å²) in [6.07, 6.45) is 26.0. The molecule has 5 nitrogen and oxygen atoms in total. The second-order valence-corrected chi connectivity index (χ2v) is 16.3. The van der Waals surface area contributed by atoms with Gasteiger partial charge >= 0.3 is 0 Å². The highest BCUT2D eigenvalue weighted by Crippen LogP contribution is 2.36. The largest absolute Gasteiger partial charge is 0.353 e. The van der Waals surface area contributed by atoms with E-state index in [2.05, 4.69) is 125 Å². The monoisotopic (exact) mass is 787 g/mol. The zero-order chi connectivity index (χ0) is 41.1. The lowest BCUT2D eigenvalue weighted by Gasteiger charge is -2.25. The molecule has 2 heterocycles. The Bertz CT molecular complexity index is 1910. The van der Waals surface area contributed by atoms with Gasteiger partial charge in [0, 0.05) is 11.1 Å². The molecule has 0 N–H and O–H groups in total. The fourth-order valence-electron chi connectivity index (χ4n) is 7.86. The van der Waals surface area contributed by atoms with Crippen molar-refractivity contribution in [1.82, 2.24) is 19.9 Å². The maximum absolute atomic E-state index is 7.24. The number of ether oxygens (including phenoxy) is 1. The van der Waals surface area contributed by atoms with Gasteiger partial charge in [-0.1, -0.05) is 189 Å². The van der Waals surface area contributed by atoms with E-state index in [0.717, 1.165) is 83.6 Å². The summed E-state index contributed by atoms with van der Waals surface area (Å²) < 4.78 is 7.24. The standard InChI is InChI=1S/C54H66N4O/c1-5-9-11-13-15-19-43-21-29-45(30-22-43)49-37-57-51(39-55-49)53(47-33-25-41(17-7-3)26-34-47)59-54(48-35-27-42(18-8-4)28-36-48)52-40-56-50(38-58-52)46-31-23-44(24-32-46)20-16-14-12-10-6-2/h21-40,53-54H,5-20H2,1-4H3. The van der Waals surface area contributed by atoms with Gasteiger partial charge in [0.25, 0.3) is 0 Å². The first kappa shape index (κ1) is 43.6. The maximum Gasteiger partial charge on any atom is 0.127 e. The molecular formula is C54H66N4O. The number of hydrogen-bond donors (Lipinski definition) is 0. The first-order chi connectivity index (χ1) is 29.1. The van der Waals surface area contributed by atoms with E-state index in [1.807, 2.05) is 24.8 Å². The van der Waals surface area contributed by atoms with Gasteiger partial charge in [0.2, 0.25) is 0 Å². The summed E-state index contributed by atoms with van der Waals surface area (Å²) in [5.74, 6) is 0. The Kier molecular flexibility index (Phi) is 17.4. The molecule has 0 aliphatic carbocycles. The highest BCUT2D eigenvalue weighted by molar-refractivity contribution is 5.59. The van der Waals surface area contributed by atoms with Crippen LogP contribution in [0.5, 0.6) is 0 Å². The number of aryl methyl sites for hydroxylation is 4. The van der Waals surface area contributed by atoms with E-state index < -0.39 is 12.2 Å². The molecule has 0 aliphatic rings. The predicted octanol–water partition coefficient (Wildman–Crippen LogP) is 14.4. The van der Waals surface area contributed by atoms with Crippen LogP contribution in [0, 0.1) is 0 Å². The Morgan fingerprint density at radius 2 is 0.712 bits per heavy atom. The van der Waals surface area contributed by atoms with Crippen molar-refractivity contribution in [2.75, 3.05) is 0 Å². The third kappa shape index (κ3) is 13.0. The van der Waals surface area contributed by atoms with Crippen LogP contribution >= 0.6 is 0 Å². The quantitative estimate of drug-likeness (QED) is 0.0572. The summed E-state index contributed by atoms with van der Waals surface area (Å²) in [4.78, 5) is 20.0. The van der Waals surface area contributed by atoms with Crippen molar-refractivity contribution in [3.63, 3.8) is 0 Å². The summed E-state index contributed by atoms with van der Waals surface area (Å²) in [6, 6.07) is 35.2. The molecule has 0 amide bonds. The van der Waals surface area contributed by atoms with Crippen LogP contribution < -0.4 is 0 Å². The summed E-state index contributed by atoms with van der Waals surface area (Å²) in [6.45, 7) is 8.96. The van der Waals surface area contributed by atoms with Crippen LogP contribution in [0.15, 0.2) is 122 Å². The van der Waals surface area contributed by atoms with Crippen molar-refractivity contribution >= 4 is 0 Å². The molecule has 2 atom stereocenters. The highest BCUT2D eigenvalue weighted by Gasteiger charge is 2.26. The molecule has 5 heteroatoms. The molecule has 0 radical (unpaired) electrons. The Hall–Kier alpha value is -5.00. The molecule has 0 fully saturated rings. The van der Waals surface area contributed by atoms with Crippen molar-refractivity contribution in [3.8, 4) is 22.5 Å². The average molecular weight is 787 g/mol. The molecule has 0 aliphatic heterocycles. The topological polar surface area (TPSA) is 60.8 Å². The number of benzene rings is 4. The van der Waals surface area contributed by atoms with Crippen molar-refractivity contribution in [2.45, 2.75) is 143 Å². The van der Waals surface area contributed by atoms with Crippen molar-refractivity contribution in [2.24, 2.45) is 0 Å². The SMILES string of the molecule is CCCCCCCc1ccc(-c2cnc(C(OC(c3ccc(CCC)cc3)c3cnc(-c4ccc(CCCCCCC)cc4)cn3)c3ccc(CCC)cc3)cn2)cc1. The van der Waals surface area contributed by atoms with E-state index in [-0.39, 0.29) is 0 Å². The number of aromatic nitrogens is 4. The fourth-order valence-corrected chi connectivity index (χ4v) is 7.86. The summed E-state index contributed by atoms with van der Waals surface area (Å²) >= 11 is 0. The minimum absolute atomic E-state index is 0.487. The molecule has 0 spiro atoms. The van der Waals surface area contributed by atoms with Crippen LogP contribution in [0.1, 0.15) is 162 Å². The van der Waals surface area contributed by atoms with Crippen molar-refractivity contribution < 1.29 is 4.74 Å². The molecular weight excluding hydrogens is 721 g/mol. The van der Waals surface area contributed by atoms with Gasteiger partial charge in [-0.05, 0) is 71.9 Å². The molecule has 0 saturated heterocycles.